The predicted molar refractivity (Wildman–Crippen MR) is 88.6 cm³/mol. The highest BCUT2D eigenvalue weighted by Gasteiger charge is 2.24. The molecule has 0 amide bonds. The van der Waals surface area contributed by atoms with Crippen molar-refractivity contribution in [3.8, 4) is 17.0 Å². The van der Waals surface area contributed by atoms with Crippen LogP contribution in [0.15, 0.2) is 36.7 Å². The van der Waals surface area contributed by atoms with Crippen LogP contribution in [0, 0.1) is 0 Å². The molecule has 0 saturated heterocycles. The van der Waals surface area contributed by atoms with Crippen molar-refractivity contribution in [3.05, 3.63) is 42.4 Å². The van der Waals surface area contributed by atoms with Crippen LogP contribution in [0.3, 0.4) is 0 Å². The van der Waals surface area contributed by atoms with E-state index < -0.39 is 7.60 Å². The van der Waals surface area contributed by atoms with Crippen LogP contribution in [-0.4, -0.2) is 30.3 Å². The fraction of sp³-hybridized carbons (Fsp3) is 0.375. The Kier molecular flexibility index (Phi) is 6.28. The maximum atomic E-state index is 12.5. The van der Waals surface area contributed by atoms with Gasteiger partial charge in [-0.05, 0) is 32.0 Å². The molecular formula is C16H21N2O4P. The Morgan fingerprint density at radius 2 is 1.83 bits per heavy atom. The first-order chi connectivity index (χ1) is 11.1. The Balaban J connectivity index is 2.20. The lowest BCUT2D eigenvalue weighted by atomic mass is 10.1. The lowest BCUT2D eigenvalue weighted by Crippen LogP contribution is -2.00. The van der Waals surface area contributed by atoms with E-state index in [2.05, 4.69) is 9.97 Å². The molecule has 0 aliphatic carbocycles. The summed E-state index contributed by atoms with van der Waals surface area (Å²) in [4.78, 5) is 8.53. The van der Waals surface area contributed by atoms with Crippen LogP contribution in [0.25, 0.3) is 11.1 Å². The third kappa shape index (κ3) is 4.61. The molecule has 0 aromatic carbocycles. The lowest BCUT2D eigenvalue weighted by Gasteiger charge is -2.16. The molecule has 0 atom stereocenters. The van der Waals surface area contributed by atoms with Gasteiger partial charge in [-0.15, -0.1) is 0 Å². The number of ether oxygens (including phenoxy) is 1. The van der Waals surface area contributed by atoms with Gasteiger partial charge in [0, 0.05) is 23.5 Å². The van der Waals surface area contributed by atoms with Crippen LogP contribution in [0.1, 0.15) is 19.5 Å². The van der Waals surface area contributed by atoms with Crippen LogP contribution in [0.4, 0.5) is 0 Å². The number of nitrogens with zero attached hydrogens (tertiary/aromatic N) is 2. The van der Waals surface area contributed by atoms with Crippen molar-refractivity contribution >= 4 is 7.60 Å². The molecular weight excluding hydrogens is 315 g/mol. The van der Waals surface area contributed by atoms with Crippen molar-refractivity contribution in [1.82, 2.24) is 9.97 Å². The number of aromatic nitrogens is 2. The minimum Gasteiger partial charge on any atom is -0.481 e. The van der Waals surface area contributed by atoms with Gasteiger partial charge in [-0.2, -0.15) is 0 Å². The second-order valence-corrected chi connectivity index (χ2v) is 6.76. The molecule has 0 aliphatic rings. The smallest absolute Gasteiger partial charge is 0.336 e. The van der Waals surface area contributed by atoms with Crippen molar-refractivity contribution in [3.63, 3.8) is 0 Å². The Hall–Kier alpha value is -1.75. The zero-order valence-corrected chi connectivity index (χ0v) is 14.5. The highest BCUT2D eigenvalue weighted by molar-refractivity contribution is 7.53. The Bertz CT molecular complexity index is 666. The van der Waals surface area contributed by atoms with E-state index in [0.717, 1.165) is 11.1 Å². The topological polar surface area (TPSA) is 70.5 Å². The van der Waals surface area contributed by atoms with Crippen LogP contribution in [-0.2, 0) is 19.8 Å². The highest BCUT2D eigenvalue weighted by Crippen LogP contribution is 2.50. The molecule has 2 aromatic rings. The predicted octanol–water partition coefficient (Wildman–Crippen LogP) is 3.92. The van der Waals surface area contributed by atoms with Crippen molar-refractivity contribution in [2.75, 3.05) is 20.3 Å². The first kappa shape index (κ1) is 17.6. The quantitative estimate of drug-likeness (QED) is 0.681. The molecule has 6 nitrogen and oxygen atoms in total. The minimum absolute atomic E-state index is 0.152. The van der Waals surface area contributed by atoms with Crippen molar-refractivity contribution in [2.24, 2.45) is 0 Å². The van der Waals surface area contributed by atoms with Gasteiger partial charge < -0.3 is 13.8 Å². The van der Waals surface area contributed by atoms with Crippen LogP contribution in [0.2, 0.25) is 0 Å². The Labute approximate surface area is 136 Å². The molecule has 2 heterocycles. The molecule has 124 valence electrons. The van der Waals surface area contributed by atoms with Gasteiger partial charge in [-0.25, -0.2) is 4.98 Å². The molecule has 23 heavy (non-hydrogen) atoms. The molecule has 2 aromatic heterocycles. The van der Waals surface area contributed by atoms with E-state index in [1.54, 1.807) is 33.4 Å². The van der Waals surface area contributed by atoms with E-state index in [9.17, 15) is 4.57 Å². The van der Waals surface area contributed by atoms with Crippen molar-refractivity contribution in [2.45, 2.75) is 20.0 Å². The number of hydrogen-bond acceptors (Lipinski definition) is 6. The number of rotatable bonds is 8. The molecule has 7 heteroatoms. The fourth-order valence-corrected chi connectivity index (χ4v) is 3.80. The summed E-state index contributed by atoms with van der Waals surface area (Å²) < 4.78 is 28.4. The van der Waals surface area contributed by atoms with Gasteiger partial charge in [0.05, 0.1) is 32.2 Å². The number of pyridine rings is 2. The number of hydrogen-bond donors (Lipinski definition) is 0. The monoisotopic (exact) mass is 336 g/mol. The SMILES string of the molecule is CCOP(=O)(Cc1ccc(-c2cccnc2OC)cn1)OCC. The lowest BCUT2D eigenvalue weighted by molar-refractivity contribution is 0.219. The molecule has 0 spiro atoms. The van der Waals surface area contributed by atoms with Gasteiger partial charge in [-0.3, -0.25) is 9.55 Å². The molecule has 0 unspecified atom stereocenters. The first-order valence-electron chi connectivity index (χ1n) is 7.44. The molecule has 0 saturated carbocycles. The number of methoxy groups -OCH3 is 1. The van der Waals surface area contributed by atoms with Crippen LogP contribution in [0.5, 0.6) is 5.88 Å². The van der Waals surface area contributed by atoms with Crippen molar-refractivity contribution in [1.29, 1.82) is 0 Å². The summed E-state index contributed by atoms with van der Waals surface area (Å²) in [5.41, 5.74) is 2.38. The van der Waals surface area contributed by atoms with E-state index >= 15 is 0 Å². The second kappa shape index (κ2) is 8.20. The summed E-state index contributed by atoms with van der Waals surface area (Å²) in [6.45, 7) is 4.25. The van der Waals surface area contributed by atoms with E-state index in [0.29, 0.717) is 24.8 Å². The average molecular weight is 336 g/mol. The molecule has 0 bridgehead atoms. The highest BCUT2D eigenvalue weighted by atomic mass is 31.2. The fourth-order valence-electron chi connectivity index (χ4n) is 2.17. The van der Waals surface area contributed by atoms with Gasteiger partial charge in [0.1, 0.15) is 0 Å². The summed E-state index contributed by atoms with van der Waals surface area (Å²) in [6, 6.07) is 7.45. The summed E-state index contributed by atoms with van der Waals surface area (Å²) in [7, 11) is -1.57. The third-order valence-electron chi connectivity index (χ3n) is 3.11. The van der Waals surface area contributed by atoms with E-state index in [1.807, 2.05) is 24.3 Å². The van der Waals surface area contributed by atoms with E-state index in [4.69, 9.17) is 13.8 Å². The van der Waals surface area contributed by atoms with Crippen molar-refractivity contribution < 1.29 is 18.3 Å². The molecule has 0 fully saturated rings. The van der Waals surface area contributed by atoms with Gasteiger partial charge in [0.2, 0.25) is 5.88 Å². The Morgan fingerprint density at radius 1 is 1.09 bits per heavy atom. The molecule has 0 radical (unpaired) electrons. The van der Waals surface area contributed by atoms with Gasteiger partial charge >= 0.3 is 7.60 Å². The molecule has 0 aliphatic heterocycles. The summed E-state index contributed by atoms with van der Waals surface area (Å²) >= 11 is 0. The normalized spacial score (nSPS) is 11.4. The Morgan fingerprint density at radius 3 is 2.39 bits per heavy atom. The summed E-state index contributed by atoms with van der Waals surface area (Å²) in [6.07, 6.45) is 3.53. The van der Waals surface area contributed by atoms with E-state index in [-0.39, 0.29) is 6.16 Å². The molecule has 0 N–H and O–H groups in total. The maximum absolute atomic E-state index is 12.5. The molecule has 2 rings (SSSR count). The van der Waals surface area contributed by atoms with Gasteiger partial charge in [0.15, 0.2) is 0 Å². The second-order valence-electron chi connectivity index (χ2n) is 4.70. The summed E-state index contributed by atoms with van der Waals surface area (Å²) in [5, 5.41) is 0. The zero-order chi connectivity index (χ0) is 16.7. The minimum atomic E-state index is -3.14. The van der Waals surface area contributed by atoms with Crippen LogP contribution >= 0.6 is 7.60 Å². The maximum Gasteiger partial charge on any atom is 0.336 e. The third-order valence-corrected chi connectivity index (χ3v) is 5.12. The summed E-state index contributed by atoms with van der Waals surface area (Å²) in [5.74, 6) is 0.538. The first-order valence-corrected chi connectivity index (χ1v) is 9.17. The average Bonchev–Trinajstić information content (AvgIpc) is 2.56. The largest absolute Gasteiger partial charge is 0.481 e. The van der Waals surface area contributed by atoms with Gasteiger partial charge in [0.25, 0.3) is 0 Å². The van der Waals surface area contributed by atoms with Gasteiger partial charge in [-0.1, -0.05) is 6.07 Å². The zero-order valence-electron chi connectivity index (χ0n) is 13.6. The van der Waals surface area contributed by atoms with E-state index in [1.165, 1.54) is 0 Å². The standard InChI is InChI=1S/C16H21N2O4P/c1-4-21-23(19,22-5-2)12-14-9-8-13(11-18-14)15-7-6-10-17-16(15)20-3/h6-11H,4-5,12H2,1-3H3. The van der Waals surface area contributed by atoms with Crippen LogP contribution < -0.4 is 4.74 Å².